The molecule has 1 saturated carbocycles. The van der Waals surface area contributed by atoms with Crippen LogP contribution in [0.3, 0.4) is 0 Å². The van der Waals surface area contributed by atoms with Gasteiger partial charge in [-0.25, -0.2) is 4.79 Å². The highest BCUT2D eigenvalue weighted by atomic mass is 16.4. The Hall–Kier alpha value is -1.58. The molecule has 4 nitrogen and oxygen atoms in total. The van der Waals surface area contributed by atoms with Gasteiger partial charge in [0, 0.05) is 12.3 Å². The summed E-state index contributed by atoms with van der Waals surface area (Å²) >= 11 is 0. The zero-order chi connectivity index (χ0) is 13.4. The molecule has 2 rings (SSSR count). The number of aliphatic carboxylic acids is 1. The second kappa shape index (κ2) is 4.26. The van der Waals surface area contributed by atoms with Crippen molar-refractivity contribution in [2.75, 3.05) is 0 Å². The zero-order valence-electron chi connectivity index (χ0n) is 10.8. The lowest BCUT2D eigenvalue weighted by atomic mass is 9.69. The monoisotopic (exact) mass is 249 g/mol. The first kappa shape index (κ1) is 12.9. The van der Waals surface area contributed by atoms with Crippen molar-refractivity contribution in [2.24, 2.45) is 5.41 Å². The number of carboxylic acids is 1. The second-order valence-corrected chi connectivity index (χ2v) is 5.91. The summed E-state index contributed by atoms with van der Waals surface area (Å²) < 4.78 is 1.39. The third kappa shape index (κ3) is 2.07. The quantitative estimate of drug-likeness (QED) is 0.874. The standard InChI is InChI=1S/C14H19NO3/c1-13(2)6-8-14(9-7-13,12(17)18)15-10-4-3-5-11(15)16/h3-5,10H,6-9H2,1-2H3,(H,17,18). The molecule has 1 aliphatic rings. The van der Waals surface area contributed by atoms with Gasteiger partial charge in [0.2, 0.25) is 0 Å². The van der Waals surface area contributed by atoms with Crippen LogP contribution in [-0.2, 0) is 10.3 Å². The number of carbonyl (C=O) groups is 1. The Labute approximate surface area is 106 Å². The predicted molar refractivity (Wildman–Crippen MR) is 68.6 cm³/mol. The molecule has 1 aromatic heterocycles. The number of hydrogen-bond donors (Lipinski definition) is 1. The van der Waals surface area contributed by atoms with Crippen LogP contribution in [0.2, 0.25) is 0 Å². The predicted octanol–water partition coefficient (Wildman–Crippen LogP) is 2.23. The fourth-order valence-corrected chi connectivity index (χ4v) is 2.68. The molecule has 1 aromatic rings. The van der Waals surface area contributed by atoms with Crippen molar-refractivity contribution in [1.82, 2.24) is 4.57 Å². The lowest BCUT2D eigenvalue weighted by Gasteiger charge is -2.41. The molecule has 0 bridgehead atoms. The van der Waals surface area contributed by atoms with Gasteiger partial charge in [-0.15, -0.1) is 0 Å². The Morgan fingerprint density at radius 1 is 1.22 bits per heavy atom. The number of rotatable bonds is 2. The Morgan fingerprint density at radius 3 is 2.33 bits per heavy atom. The third-order valence-electron chi connectivity index (χ3n) is 4.11. The van der Waals surface area contributed by atoms with Crippen LogP contribution < -0.4 is 5.56 Å². The second-order valence-electron chi connectivity index (χ2n) is 5.91. The lowest BCUT2D eigenvalue weighted by Crippen LogP contribution is -2.50. The highest BCUT2D eigenvalue weighted by Crippen LogP contribution is 2.43. The van der Waals surface area contributed by atoms with E-state index in [1.165, 1.54) is 10.6 Å². The maximum atomic E-state index is 11.9. The summed E-state index contributed by atoms with van der Waals surface area (Å²) in [5, 5.41) is 9.58. The van der Waals surface area contributed by atoms with Crippen LogP contribution in [0.5, 0.6) is 0 Å². The molecule has 0 radical (unpaired) electrons. The number of nitrogens with zero attached hydrogens (tertiary/aromatic N) is 1. The van der Waals surface area contributed by atoms with E-state index in [-0.39, 0.29) is 11.0 Å². The van der Waals surface area contributed by atoms with Gasteiger partial charge in [-0.05, 0) is 37.2 Å². The average molecular weight is 249 g/mol. The molecule has 98 valence electrons. The Kier molecular flexibility index (Phi) is 3.05. The molecule has 0 saturated heterocycles. The highest BCUT2D eigenvalue weighted by molar-refractivity contribution is 5.77. The smallest absolute Gasteiger partial charge is 0.329 e. The van der Waals surface area contributed by atoms with E-state index in [4.69, 9.17) is 0 Å². The van der Waals surface area contributed by atoms with E-state index in [2.05, 4.69) is 13.8 Å². The summed E-state index contributed by atoms with van der Waals surface area (Å²) in [6, 6.07) is 4.78. The van der Waals surface area contributed by atoms with E-state index < -0.39 is 11.5 Å². The molecule has 1 fully saturated rings. The van der Waals surface area contributed by atoms with Crippen LogP contribution in [0, 0.1) is 5.41 Å². The minimum Gasteiger partial charge on any atom is -0.479 e. The molecule has 0 aliphatic heterocycles. The van der Waals surface area contributed by atoms with Crippen LogP contribution in [0.4, 0.5) is 0 Å². The molecule has 0 atom stereocenters. The molecule has 0 spiro atoms. The average Bonchev–Trinajstić information content (AvgIpc) is 2.30. The largest absolute Gasteiger partial charge is 0.479 e. The number of aromatic nitrogens is 1. The molecule has 1 aliphatic carbocycles. The van der Waals surface area contributed by atoms with Gasteiger partial charge in [0.1, 0.15) is 5.54 Å². The van der Waals surface area contributed by atoms with E-state index in [9.17, 15) is 14.7 Å². The van der Waals surface area contributed by atoms with Crippen molar-refractivity contribution in [2.45, 2.75) is 45.1 Å². The molecule has 0 amide bonds. The van der Waals surface area contributed by atoms with Gasteiger partial charge in [-0.2, -0.15) is 0 Å². The van der Waals surface area contributed by atoms with Crippen LogP contribution in [0.15, 0.2) is 29.2 Å². The Morgan fingerprint density at radius 2 is 1.83 bits per heavy atom. The fourth-order valence-electron chi connectivity index (χ4n) is 2.68. The number of hydrogen-bond acceptors (Lipinski definition) is 2. The lowest BCUT2D eigenvalue weighted by molar-refractivity contribution is -0.151. The highest BCUT2D eigenvalue weighted by Gasteiger charge is 2.45. The fraction of sp³-hybridized carbons (Fsp3) is 0.571. The van der Waals surface area contributed by atoms with Gasteiger partial charge < -0.3 is 5.11 Å². The van der Waals surface area contributed by atoms with Gasteiger partial charge in [-0.1, -0.05) is 19.9 Å². The molecule has 1 heterocycles. The van der Waals surface area contributed by atoms with E-state index in [1.54, 1.807) is 18.3 Å². The van der Waals surface area contributed by atoms with Crippen LogP contribution >= 0.6 is 0 Å². The van der Waals surface area contributed by atoms with Gasteiger partial charge in [0.25, 0.3) is 5.56 Å². The number of pyridine rings is 1. The molecular weight excluding hydrogens is 230 g/mol. The summed E-state index contributed by atoms with van der Waals surface area (Å²) in [7, 11) is 0. The summed E-state index contributed by atoms with van der Waals surface area (Å²) in [5.41, 5.74) is -1.13. The Balaban J connectivity index is 2.45. The number of carboxylic acid groups (broad SMARTS) is 1. The molecule has 4 heteroatoms. The maximum Gasteiger partial charge on any atom is 0.329 e. The zero-order valence-corrected chi connectivity index (χ0v) is 10.8. The van der Waals surface area contributed by atoms with Crippen LogP contribution in [0.25, 0.3) is 0 Å². The summed E-state index contributed by atoms with van der Waals surface area (Å²) in [6.45, 7) is 4.29. The van der Waals surface area contributed by atoms with Crippen molar-refractivity contribution < 1.29 is 9.90 Å². The molecular formula is C14H19NO3. The van der Waals surface area contributed by atoms with Crippen molar-refractivity contribution in [3.05, 3.63) is 34.7 Å². The van der Waals surface area contributed by atoms with Gasteiger partial charge in [0.05, 0.1) is 0 Å². The van der Waals surface area contributed by atoms with Crippen molar-refractivity contribution in [3.8, 4) is 0 Å². The molecule has 1 N–H and O–H groups in total. The summed E-state index contributed by atoms with van der Waals surface area (Å²) in [5.74, 6) is -0.897. The minimum absolute atomic E-state index is 0.164. The topological polar surface area (TPSA) is 59.3 Å². The van der Waals surface area contributed by atoms with Gasteiger partial charge in [0.15, 0.2) is 0 Å². The first-order chi connectivity index (χ1) is 8.37. The maximum absolute atomic E-state index is 11.9. The van der Waals surface area contributed by atoms with Crippen molar-refractivity contribution in [3.63, 3.8) is 0 Å². The molecule has 0 unspecified atom stereocenters. The molecule has 0 aromatic carbocycles. The first-order valence-electron chi connectivity index (χ1n) is 6.29. The van der Waals surface area contributed by atoms with E-state index >= 15 is 0 Å². The minimum atomic E-state index is -1.06. The van der Waals surface area contributed by atoms with E-state index in [0.717, 1.165) is 12.8 Å². The van der Waals surface area contributed by atoms with Crippen LogP contribution in [0.1, 0.15) is 39.5 Å². The summed E-state index contributed by atoms with van der Waals surface area (Å²) in [6.07, 6.45) is 4.26. The van der Waals surface area contributed by atoms with Gasteiger partial charge >= 0.3 is 5.97 Å². The van der Waals surface area contributed by atoms with Crippen molar-refractivity contribution >= 4 is 5.97 Å². The van der Waals surface area contributed by atoms with Crippen LogP contribution in [-0.4, -0.2) is 15.6 Å². The van der Waals surface area contributed by atoms with E-state index in [1.807, 2.05) is 0 Å². The third-order valence-corrected chi connectivity index (χ3v) is 4.11. The van der Waals surface area contributed by atoms with Crippen molar-refractivity contribution in [1.29, 1.82) is 0 Å². The Bertz CT molecular complexity index is 506. The van der Waals surface area contributed by atoms with Gasteiger partial charge in [-0.3, -0.25) is 9.36 Å². The van der Waals surface area contributed by atoms with E-state index in [0.29, 0.717) is 12.8 Å². The normalized spacial score (nSPS) is 21.4. The summed E-state index contributed by atoms with van der Waals surface area (Å²) in [4.78, 5) is 23.6. The SMILES string of the molecule is CC1(C)CCC(C(=O)O)(n2ccccc2=O)CC1. The first-order valence-corrected chi connectivity index (χ1v) is 6.29. The molecule has 18 heavy (non-hydrogen) atoms.